The first-order valence-electron chi connectivity index (χ1n) is 7.08. The average Bonchev–Trinajstić information content (AvgIpc) is 3.24. The second-order valence-corrected chi connectivity index (χ2v) is 6.77. The fourth-order valence-corrected chi connectivity index (χ4v) is 3.57. The van der Waals surface area contributed by atoms with Crippen molar-refractivity contribution >= 4 is 33.2 Å². The number of hydrogen-bond donors (Lipinski definition) is 0. The van der Waals surface area contributed by atoms with Gasteiger partial charge in [-0.3, -0.25) is 4.90 Å². The Morgan fingerprint density at radius 1 is 1.16 bits per heavy atom. The topological polar surface area (TPSA) is 6.48 Å². The lowest BCUT2D eigenvalue weighted by atomic mass is 10.2. The highest BCUT2D eigenvalue weighted by molar-refractivity contribution is 9.10. The van der Waals surface area contributed by atoms with Gasteiger partial charge in [0.1, 0.15) is 0 Å². The van der Waals surface area contributed by atoms with Crippen molar-refractivity contribution in [1.29, 1.82) is 0 Å². The third-order valence-corrected chi connectivity index (χ3v) is 5.04. The van der Waals surface area contributed by atoms with Crippen LogP contribution in [0.5, 0.6) is 0 Å². The third kappa shape index (κ3) is 3.45. The maximum absolute atomic E-state index is 5.87. The normalized spacial score (nSPS) is 20.8. The molecule has 2 aliphatic rings. The standard InChI is InChI=1S/C15H20BrClN2/c16-14-9-13(10-17)3-4-15(14)19-7-5-18(6-8-19)11-12-1-2-12/h3-4,9,12H,1-2,5-8,10-11H2. The van der Waals surface area contributed by atoms with E-state index in [9.17, 15) is 0 Å². The summed E-state index contributed by atoms with van der Waals surface area (Å²) < 4.78 is 1.17. The molecule has 0 spiro atoms. The molecule has 0 amide bonds. The first-order chi connectivity index (χ1) is 9.26. The molecule has 0 aromatic heterocycles. The minimum absolute atomic E-state index is 0.577. The molecular weight excluding hydrogens is 324 g/mol. The molecule has 1 saturated heterocycles. The number of benzene rings is 1. The van der Waals surface area contributed by atoms with Crippen molar-refractivity contribution < 1.29 is 0 Å². The summed E-state index contributed by atoms with van der Waals surface area (Å²) >= 11 is 9.54. The van der Waals surface area contributed by atoms with Crippen molar-refractivity contribution in [2.45, 2.75) is 18.7 Å². The summed E-state index contributed by atoms with van der Waals surface area (Å²) in [5, 5.41) is 0. The van der Waals surface area contributed by atoms with Gasteiger partial charge >= 0.3 is 0 Å². The average molecular weight is 344 g/mol. The predicted octanol–water partition coefficient (Wildman–Crippen LogP) is 3.72. The Kier molecular flexibility index (Phi) is 4.35. The molecule has 4 heteroatoms. The van der Waals surface area contributed by atoms with E-state index in [1.165, 1.54) is 48.2 Å². The molecule has 104 valence electrons. The van der Waals surface area contributed by atoms with Crippen LogP contribution in [0.3, 0.4) is 0 Å². The quantitative estimate of drug-likeness (QED) is 0.769. The zero-order valence-corrected chi connectivity index (χ0v) is 13.5. The van der Waals surface area contributed by atoms with Crippen LogP contribution >= 0.6 is 27.5 Å². The number of alkyl halides is 1. The summed E-state index contributed by atoms with van der Waals surface area (Å²) in [6.45, 7) is 5.97. The van der Waals surface area contributed by atoms with Crippen molar-refractivity contribution in [1.82, 2.24) is 4.90 Å². The molecule has 0 N–H and O–H groups in total. The molecule has 0 unspecified atom stereocenters. The summed E-state index contributed by atoms with van der Waals surface area (Å²) in [6.07, 6.45) is 2.90. The molecule has 0 radical (unpaired) electrons. The Morgan fingerprint density at radius 3 is 2.47 bits per heavy atom. The van der Waals surface area contributed by atoms with Gasteiger partial charge in [0.15, 0.2) is 0 Å². The van der Waals surface area contributed by atoms with Gasteiger partial charge < -0.3 is 4.90 Å². The van der Waals surface area contributed by atoms with Crippen LogP contribution in [-0.2, 0) is 5.88 Å². The van der Waals surface area contributed by atoms with Crippen LogP contribution in [0.15, 0.2) is 22.7 Å². The maximum Gasteiger partial charge on any atom is 0.0511 e. The van der Waals surface area contributed by atoms with Gasteiger partial charge in [-0.05, 0) is 52.4 Å². The highest BCUT2D eigenvalue weighted by Crippen LogP contribution is 2.31. The molecule has 1 aliphatic heterocycles. The van der Waals surface area contributed by atoms with Gasteiger partial charge in [-0.15, -0.1) is 11.6 Å². The molecule has 1 heterocycles. The minimum atomic E-state index is 0.577. The highest BCUT2D eigenvalue weighted by atomic mass is 79.9. The van der Waals surface area contributed by atoms with E-state index in [4.69, 9.17) is 11.6 Å². The van der Waals surface area contributed by atoms with Gasteiger partial charge in [0.2, 0.25) is 0 Å². The Hall–Kier alpha value is -0.250. The second-order valence-electron chi connectivity index (χ2n) is 5.65. The summed E-state index contributed by atoms with van der Waals surface area (Å²) in [5.41, 5.74) is 2.48. The Bertz CT molecular complexity index is 440. The van der Waals surface area contributed by atoms with Gasteiger partial charge in [0.25, 0.3) is 0 Å². The minimum Gasteiger partial charge on any atom is -0.368 e. The summed E-state index contributed by atoms with van der Waals surface area (Å²) in [5.74, 6) is 1.58. The molecule has 19 heavy (non-hydrogen) atoms. The number of hydrogen-bond acceptors (Lipinski definition) is 2. The van der Waals surface area contributed by atoms with Crippen LogP contribution in [0.1, 0.15) is 18.4 Å². The lowest BCUT2D eigenvalue weighted by molar-refractivity contribution is 0.248. The van der Waals surface area contributed by atoms with Crippen LogP contribution in [0.2, 0.25) is 0 Å². The van der Waals surface area contributed by atoms with Crippen LogP contribution < -0.4 is 4.90 Å². The molecule has 1 aliphatic carbocycles. The van der Waals surface area contributed by atoms with Crippen LogP contribution in [0.4, 0.5) is 5.69 Å². The maximum atomic E-state index is 5.87. The fraction of sp³-hybridized carbons (Fsp3) is 0.600. The largest absolute Gasteiger partial charge is 0.368 e. The predicted molar refractivity (Wildman–Crippen MR) is 85.1 cm³/mol. The van der Waals surface area contributed by atoms with E-state index < -0.39 is 0 Å². The molecule has 1 saturated carbocycles. The Morgan fingerprint density at radius 2 is 1.89 bits per heavy atom. The van der Waals surface area contributed by atoms with Gasteiger partial charge in [-0.25, -0.2) is 0 Å². The molecule has 0 atom stereocenters. The van der Waals surface area contributed by atoms with E-state index in [2.05, 4.69) is 43.9 Å². The zero-order chi connectivity index (χ0) is 13.2. The highest BCUT2D eigenvalue weighted by Gasteiger charge is 2.26. The lowest BCUT2D eigenvalue weighted by Gasteiger charge is -2.36. The van der Waals surface area contributed by atoms with Gasteiger partial charge in [0.05, 0.1) is 5.69 Å². The van der Waals surface area contributed by atoms with Crippen molar-refractivity contribution in [2.75, 3.05) is 37.6 Å². The Balaban J connectivity index is 1.60. The molecule has 0 bridgehead atoms. The van der Waals surface area contributed by atoms with E-state index >= 15 is 0 Å². The van der Waals surface area contributed by atoms with E-state index in [1.54, 1.807) is 0 Å². The molecule has 2 nitrogen and oxygen atoms in total. The first kappa shape index (κ1) is 13.7. The van der Waals surface area contributed by atoms with Crippen molar-refractivity contribution in [3.05, 3.63) is 28.2 Å². The number of anilines is 1. The number of halogens is 2. The van der Waals surface area contributed by atoms with E-state index in [-0.39, 0.29) is 0 Å². The van der Waals surface area contributed by atoms with E-state index in [1.807, 2.05) is 0 Å². The number of piperazine rings is 1. The Labute approximate surface area is 128 Å². The SMILES string of the molecule is ClCc1ccc(N2CCN(CC3CC3)CC2)c(Br)c1. The second kappa shape index (κ2) is 6.02. The van der Waals surface area contributed by atoms with E-state index in [0.29, 0.717) is 5.88 Å². The zero-order valence-electron chi connectivity index (χ0n) is 11.1. The van der Waals surface area contributed by atoms with Crippen LogP contribution in [0, 0.1) is 5.92 Å². The van der Waals surface area contributed by atoms with Gasteiger partial charge in [-0.1, -0.05) is 6.07 Å². The third-order valence-electron chi connectivity index (χ3n) is 4.09. The number of rotatable bonds is 4. The summed E-state index contributed by atoms with van der Waals surface area (Å²) in [6, 6.07) is 6.46. The smallest absolute Gasteiger partial charge is 0.0511 e. The molecule has 3 rings (SSSR count). The summed E-state index contributed by atoms with van der Waals surface area (Å²) in [7, 11) is 0. The monoisotopic (exact) mass is 342 g/mol. The van der Waals surface area contributed by atoms with Gasteiger partial charge in [0, 0.05) is 43.1 Å². The van der Waals surface area contributed by atoms with Crippen molar-refractivity contribution in [3.63, 3.8) is 0 Å². The van der Waals surface area contributed by atoms with Gasteiger partial charge in [-0.2, -0.15) is 0 Å². The molecule has 2 fully saturated rings. The van der Waals surface area contributed by atoms with E-state index in [0.717, 1.165) is 19.0 Å². The first-order valence-corrected chi connectivity index (χ1v) is 8.40. The molecule has 1 aromatic rings. The van der Waals surface area contributed by atoms with Crippen molar-refractivity contribution in [3.8, 4) is 0 Å². The fourth-order valence-electron chi connectivity index (χ4n) is 2.73. The van der Waals surface area contributed by atoms with Crippen molar-refractivity contribution in [2.24, 2.45) is 5.92 Å². The summed E-state index contributed by atoms with van der Waals surface area (Å²) in [4.78, 5) is 5.10. The van der Waals surface area contributed by atoms with Crippen LogP contribution in [0.25, 0.3) is 0 Å². The molecule has 1 aromatic carbocycles. The van der Waals surface area contributed by atoms with Crippen LogP contribution in [-0.4, -0.2) is 37.6 Å². The lowest BCUT2D eigenvalue weighted by Crippen LogP contribution is -2.47. The number of nitrogens with zero attached hydrogens (tertiary/aromatic N) is 2. The molecular formula is C15H20BrClN2.